The Balaban J connectivity index is 1.76. The van der Waals surface area contributed by atoms with Crippen LogP contribution in [0.1, 0.15) is 23.7 Å². The number of hydrogen-bond acceptors (Lipinski definition) is 4. The van der Waals surface area contributed by atoms with Gasteiger partial charge in [0, 0.05) is 6.20 Å². The molecule has 1 aliphatic carbocycles. The number of halogens is 1. The summed E-state index contributed by atoms with van der Waals surface area (Å²) in [5.74, 6) is 0. The van der Waals surface area contributed by atoms with Gasteiger partial charge in [-0.05, 0) is 36.6 Å². The molecule has 100 valence electrons. The molecular formula is C15H12ClN3S. The smallest absolute Gasteiger partial charge is 0.106 e. The van der Waals surface area contributed by atoms with Crippen LogP contribution in [0.3, 0.4) is 0 Å². The third-order valence-electron chi connectivity index (χ3n) is 3.73. The molecule has 0 spiro atoms. The molecule has 5 heteroatoms. The average Bonchev–Trinajstić information content (AvgIpc) is 3.09. The van der Waals surface area contributed by atoms with Crippen molar-refractivity contribution >= 4 is 38.8 Å². The molecule has 3 nitrogen and oxygen atoms in total. The summed E-state index contributed by atoms with van der Waals surface area (Å²) in [7, 11) is 0. The largest absolute Gasteiger partial charge is 0.374 e. The van der Waals surface area contributed by atoms with E-state index in [1.165, 1.54) is 5.56 Å². The normalized spacial score (nSPS) is 17.4. The van der Waals surface area contributed by atoms with Gasteiger partial charge in [0.15, 0.2) is 0 Å². The molecule has 1 aliphatic rings. The molecule has 0 radical (unpaired) electrons. The van der Waals surface area contributed by atoms with Crippen LogP contribution in [0.25, 0.3) is 10.2 Å². The van der Waals surface area contributed by atoms with E-state index >= 15 is 0 Å². The zero-order valence-electron chi connectivity index (χ0n) is 10.6. The number of nitrogens with one attached hydrogen (secondary N) is 1. The molecule has 0 fully saturated rings. The van der Waals surface area contributed by atoms with Crippen LogP contribution in [-0.4, -0.2) is 9.97 Å². The maximum absolute atomic E-state index is 6.35. The predicted octanol–water partition coefficient (Wildman–Crippen LogP) is 4.44. The molecule has 1 unspecified atom stereocenters. The zero-order chi connectivity index (χ0) is 13.5. The lowest BCUT2D eigenvalue weighted by molar-refractivity contribution is 0.747. The van der Waals surface area contributed by atoms with E-state index in [1.54, 1.807) is 11.3 Å². The van der Waals surface area contributed by atoms with Gasteiger partial charge in [0.1, 0.15) is 5.52 Å². The van der Waals surface area contributed by atoms with Crippen molar-refractivity contribution in [2.24, 2.45) is 0 Å². The van der Waals surface area contributed by atoms with Gasteiger partial charge in [0.25, 0.3) is 0 Å². The molecule has 0 aliphatic heterocycles. The summed E-state index contributed by atoms with van der Waals surface area (Å²) in [4.78, 5) is 8.94. The molecule has 2 heterocycles. The van der Waals surface area contributed by atoms with Crippen LogP contribution in [0.2, 0.25) is 5.02 Å². The van der Waals surface area contributed by atoms with E-state index in [4.69, 9.17) is 11.6 Å². The van der Waals surface area contributed by atoms with Crippen molar-refractivity contribution in [2.45, 2.75) is 18.9 Å². The fourth-order valence-electron chi connectivity index (χ4n) is 2.77. The standard InChI is InChI=1S/C15H12ClN3S/c16-10-4-6-12-15(18-8-20-12)14(10)19-11-5-3-9-2-1-7-17-13(9)11/h1-2,4,6-8,11,19H,3,5H2. The van der Waals surface area contributed by atoms with E-state index in [9.17, 15) is 0 Å². The van der Waals surface area contributed by atoms with Gasteiger partial charge in [-0.25, -0.2) is 4.98 Å². The number of rotatable bonds is 2. The second-order valence-corrected chi connectivity index (χ2v) is 6.20. The van der Waals surface area contributed by atoms with Gasteiger partial charge in [-0.3, -0.25) is 4.98 Å². The number of nitrogens with zero attached hydrogens (tertiary/aromatic N) is 2. The number of aryl methyl sites for hydroxylation is 1. The Morgan fingerprint density at radius 1 is 1.25 bits per heavy atom. The van der Waals surface area contributed by atoms with Crippen LogP contribution in [0, 0.1) is 0 Å². The number of thiazole rings is 1. The second-order valence-electron chi connectivity index (χ2n) is 4.90. The van der Waals surface area contributed by atoms with Crippen LogP contribution in [0.4, 0.5) is 5.69 Å². The number of pyridine rings is 1. The third-order valence-corrected chi connectivity index (χ3v) is 4.84. The zero-order valence-corrected chi connectivity index (χ0v) is 12.2. The van der Waals surface area contributed by atoms with Gasteiger partial charge in [-0.15, -0.1) is 11.3 Å². The van der Waals surface area contributed by atoms with E-state index in [0.717, 1.165) is 34.4 Å². The van der Waals surface area contributed by atoms with E-state index in [2.05, 4.69) is 21.4 Å². The van der Waals surface area contributed by atoms with Crippen molar-refractivity contribution < 1.29 is 0 Å². The van der Waals surface area contributed by atoms with Gasteiger partial charge in [-0.1, -0.05) is 17.7 Å². The maximum Gasteiger partial charge on any atom is 0.106 e. The maximum atomic E-state index is 6.35. The van der Waals surface area contributed by atoms with Crippen molar-refractivity contribution in [3.63, 3.8) is 0 Å². The number of hydrogen-bond donors (Lipinski definition) is 1. The molecule has 2 aromatic heterocycles. The summed E-state index contributed by atoms with van der Waals surface area (Å²) in [5.41, 5.74) is 6.19. The Labute approximate surface area is 125 Å². The average molecular weight is 302 g/mol. The van der Waals surface area contributed by atoms with Crippen LogP contribution < -0.4 is 5.32 Å². The van der Waals surface area contributed by atoms with Gasteiger partial charge < -0.3 is 5.32 Å². The lowest BCUT2D eigenvalue weighted by atomic mass is 10.2. The molecule has 0 amide bonds. The highest BCUT2D eigenvalue weighted by molar-refractivity contribution is 7.16. The topological polar surface area (TPSA) is 37.8 Å². The summed E-state index contributed by atoms with van der Waals surface area (Å²) in [5, 5.41) is 4.26. The van der Waals surface area contributed by atoms with Crippen molar-refractivity contribution in [2.75, 3.05) is 5.32 Å². The summed E-state index contributed by atoms with van der Waals surface area (Å²) >= 11 is 7.98. The minimum absolute atomic E-state index is 0.219. The van der Waals surface area contributed by atoms with Crippen molar-refractivity contribution in [1.82, 2.24) is 9.97 Å². The predicted molar refractivity (Wildman–Crippen MR) is 83.6 cm³/mol. The molecule has 3 aromatic rings. The molecule has 20 heavy (non-hydrogen) atoms. The highest BCUT2D eigenvalue weighted by atomic mass is 35.5. The van der Waals surface area contributed by atoms with Crippen LogP contribution in [-0.2, 0) is 6.42 Å². The van der Waals surface area contributed by atoms with Gasteiger partial charge in [-0.2, -0.15) is 0 Å². The van der Waals surface area contributed by atoms with Crippen LogP contribution in [0.5, 0.6) is 0 Å². The quantitative estimate of drug-likeness (QED) is 0.760. The Kier molecular flexibility index (Phi) is 2.86. The van der Waals surface area contributed by atoms with Gasteiger partial charge in [0.05, 0.1) is 32.7 Å². The minimum Gasteiger partial charge on any atom is -0.374 e. The molecule has 1 aromatic carbocycles. The van der Waals surface area contributed by atoms with E-state index in [-0.39, 0.29) is 6.04 Å². The first kappa shape index (κ1) is 12.1. The van der Waals surface area contributed by atoms with Crippen LogP contribution in [0.15, 0.2) is 36.0 Å². The summed E-state index contributed by atoms with van der Waals surface area (Å²) in [6, 6.07) is 8.31. The monoisotopic (exact) mass is 301 g/mol. The molecule has 0 saturated heterocycles. The Morgan fingerprint density at radius 2 is 2.20 bits per heavy atom. The lowest BCUT2D eigenvalue weighted by Crippen LogP contribution is -2.09. The Morgan fingerprint density at radius 3 is 3.15 bits per heavy atom. The molecule has 0 bridgehead atoms. The van der Waals surface area contributed by atoms with Crippen LogP contribution >= 0.6 is 22.9 Å². The SMILES string of the molecule is Clc1ccc2scnc2c1NC1CCc2cccnc21. The second kappa shape index (κ2) is 4.72. The van der Waals surface area contributed by atoms with Crippen molar-refractivity contribution in [1.29, 1.82) is 0 Å². The highest BCUT2D eigenvalue weighted by Crippen LogP contribution is 2.38. The first-order chi connectivity index (χ1) is 9.83. The molecule has 1 N–H and O–H groups in total. The number of benzene rings is 1. The number of fused-ring (bicyclic) bond motifs is 2. The minimum atomic E-state index is 0.219. The van der Waals surface area contributed by atoms with Gasteiger partial charge in [0.2, 0.25) is 0 Å². The van der Waals surface area contributed by atoms with E-state index < -0.39 is 0 Å². The number of aromatic nitrogens is 2. The fourth-order valence-corrected chi connectivity index (χ4v) is 3.66. The fraction of sp³-hybridized carbons (Fsp3) is 0.200. The van der Waals surface area contributed by atoms with Crippen molar-refractivity contribution in [3.8, 4) is 0 Å². The van der Waals surface area contributed by atoms with Crippen molar-refractivity contribution in [3.05, 3.63) is 52.3 Å². The molecule has 4 rings (SSSR count). The lowest BCUT2D eigenvalue weighted by Gasteiger charge is -2.16. The molecule has 0 saturated carbocycles. The first-order valence-electron chi connectivity index (χ1n) is 6.55. The third kappa shape index (κ3) is 1.87. The molecule has 1 atom stereocenters. The summed E-state index contributed by atoms with van der Waals surface area (Å²) in [6.45, 7) is 0. The van der Waals surface area contributed by atoms with E-state index in [0.29, 0.717) is 5.02 Å². The summed E-state index contributed by atoms with van der Waals surface area (Å²) < 4.78 is 1.15. The Bertz CT molecular complexity index is 784. The molecular weight excluding hydrogens is 290 g/mol. The highest BCUT2D eigenvalue weighted by Gasteiger charge is 2.24. The van der Waals surface area contributed by atoms with E-state index in [1.807, 2.05) is 29.9 Å². The Hall–Kier alpha value is -1.65. The van der Waals surface area contributed by atoms with Gasteiger partial charge >= 0.3 is 0 Å². The number of anilines is 1. The first-order valence-corrected chi connectivity index (χ1v) is 7.81. The summed E-state index contributed by atoms with van der Waals surface area (Å²) in [6.07, 6.45) is 3.96.